The summed E-state index contributed by atoms with van der Waals surface area (Å²) in [5.74, 6) is 1.20. The Balaban J connectivity index is 1.87. The van der Waals surface area contributed by atoms with Crippen LogP contribution in [0.15, 0.2) is 42.5 Å². The fraction of sp³-hybridized carbons (Fsp3) is 0.381. The van der Waals surface area contributed by atoms with E-state index in [-0.39, 0.29) is 11.7 Å². The number of methoxy groups -OCH3 is 2. The van der Waals surface area contributed by atoms with Gasteiger partial charge in [-0.1, -0.05) is 6.07 Å². The molecule has 0 aliphatic carbocycles. The zero-order chi connectivity index (χ0) is 21.4. The number of carbonyl (C=O) groups excluding carboxylic acids is 1. The summed E-state index contributed by atoms with van der Waals surface area (Å²) < 4.78 is 35.6. The average molecular weight is 421 g/mol. The smallest absolute Gasteiger partial charge is 0.251 e. The van der Waals surface area contributed by atoms with Crippen molar-refractivity contribution in [1.29, 1.82) is 0 Å². The van der Waals surface area contributed by atoms with Gasteiger partial charge in [-0.05, 0) is 61.7 Å². The summed E-state index contributed by atoms with van der Waals surface area (Å²) in [6, 6.07) is 12.3. The lowest BCUT2D eigenvalue weighted by Gasteiger charge is -2.18. The number of aryl methyl sites for hydroxylation is 1. The average Bonchev–Trinajstić information content (AvgIpc) is 2.75. The maximum atomic E-state index is 12.3. The van der Waals surface area contributed by atoms with Crippen molar-refractivity contribution in [2.24, 2.45) is 0 Å². The molecule has 0 aromatic heterocycles. The summed E-state index contributed by atoms with van der Waals surface area (Å²) in [6.45, 7) is 2.12. The molecule has 29 heavy (non-hydrogen) atoms. The van der Waals surface area contributed by atoms with Crippen LogP contribution in [0.2, 0.25) is 0 Å². The van der Waals surface area contributed by atoms with Crippen molar-refractivity contribution in [3.05, 3.63) is 53.6 Å². The maximum Gasteiger partial charge on any atom is 0.251 e. The van der Waals surface area contributed by atoms with E-state index < -0.39 is 10.0 Å². The van der Waals surface area contributed by atoms with Crippen LogP contribution in [-0.2, 0) is 16.4 Å². The van der Waals surface area contributed by atoms with Crippen molar-refractivity contribution < 1.29 is 22.7 Å². The molecule has 1 amide bonds. The van der Waals surface area contributed by atoms with E-state index in [1.165, 1.54) is 11.4 Å². The Morgan fingerprint density at radius 1 is 1.03 bits per heavy atom. The minimum Gasteiger partial charge on any atom is -0.493 e. The monoisotopic (exact) mass is 420 g/mol. The van der Waals surface area contributed by atoms with Gasteiger partial charge in [0.05, 0.1) is 25.7 Å². The molecule has 2 aromatic carbocycles. The predicted octanol–water partition coefficient (Wildman–Crippen LogP) is 2.85. The molecule has 2 rings (SSSR count). The quantitative estimate of drug-likeness (QED) is 0.598. The lowest BCUT2D eigenvalue weighted by atomic mass is 10.1. The van der Waals surface area contributed by atoms with Crippen LogP contribution in [0.25, 0.3) is 0 Å². The molecule has 7 nitrogen and oxygen atoms in total. The molecule has 0 fully saturated rings. The Bertz CT molecular complexity index is 927. The highest BCUT2D eigenvalue weighted by molar-refractivity contribution is 7.92. The fourth-order valence-electron chi connectivity index (χ4n) is 2.81. The minimum atomic E-state index is -3.32. The zero-order valence-electron chi connectivity index (χ0n) is 17.3. The summed E-state index contributed by atoms with van der Waals surface area (Å²) in [4.78, 5) is 12.3. The van der Waals surface area contributed by atoms with Gasteiger partial charge in [0, 0.05) is 19.2 Å². The fourth-order valence-corrected chi connectivity index (χ4v) is 3.64. The van der Waals surface area contributed by atoms with Gasteiger partial charge in [-0.15, -0.1) is 0 Å². The minimum absolute atomic E-state index is 0.0197. The number of benzene rings is 2. The van der Waals surface area contributed by atoms with Crippen LogP contribution < -0.4 is 19.1 Å². The highest BCUT2D eigenvalue weighted by Gasteiger charge is 2.16. The number of rotatable bonds is 10. The second kappa shape index (κ2) is 10.2. The first-order chi connectivity index (χ1) is 13.8. The van der Waals surface area contributed by atoms with Crippen molar-refractivity contribution in [3.63, 3.8) is 0 Å². The molecule has 0 spiro atoms. The number of amides is 1. The maximum absolute atomic E-state index is 12.3. The molecule has 0 radical (unpaired) electrons. The van der Waals surface area contributed by atoms with Crippen LogP contribution >= 0.6 is 0 Å². The molecule has 0 atom stereocenters. The van der Waals surface area contributed by atoms with Crippen LogP contribution in [0.4, 0.5) is 5.69 Å². The molecule has 0 unspecified atom stereocenters. The molecule has 0 aliphatic rings. The molecule has 158 valence electrons. The zero-order valence-corrected chi connectivity index (χ0v) is 18.1. The number of nitrogens with zero attached hydrogens (tertiary/aromatic N) is 1. The molecule has 0 bridgehead atoms. The van der Waals surface area contributed by atoms with Gasteiger partial charge in [0.25, 0.3) is 5.91 Å². The molecular formula is C21H28N2O5S. The van der Waals surface area contributed by atoms with Gasteiger partial charge in [-0.3, -0.25) is 9.10 Å². The van der Waals surface area contributed by atoms with E-state index in [4.69, 9.17) is 9.47 Å². The summed E-state index contributed by atoms with van der Waals surface area (Å²) in [7, 11) is 1.38. The first-order valence-electron chi connectivity index (χ1n) is 9.38. The van der Waals surface area contributed by atoms with Gasteiger partial charge >= 0.3 is 0 Å². The number of nitrogens with one attached hydrogen (secondary N) is 1. The molecule has 1 N–H and O–H groups in total. The third-order valence-corrected chi connectivity index (χ3v) is 6.43. The number of carbonyl (C=O) groups is 1. The van der Waals surface area contributed by atoms with Crippen LogP contribution in [0.3, 0.4) is 0 Å². The van der Waals surface area contributed by atoms with Gasteiger partial charge in [-0.2, -0.15) is 0 Å². The van der Waals surface area contributed by atoms with Crippen molar-refractivity contribution in [2.75, 3.05) is 37.9 Å². The van der Waals surface area contributed by atoms with Crippen LogP contribution in [-0.4, -0.2) is 47.9 Å². The number of hydrogen-bond acceptors (Lipinski definition) is 5. The van der Waals surface area contributed by atoms with E-state index in [0.717, 1.165) is 18.4 Å². The third kappa shape index (κ3) is 5.87. The summed E-state index contributed by atoms with van der Waals surface area (Å²) in [5.41, 5.74) is 2.11. The predicted molar refractivity (Wildman–Crippen MR) is 115 cm³/mol. The number of sulfonamides is 1. The highest BCUT2D eigenvalue weighted by Crippen LogP contribution is 2.27. The Morgan fingerprint density at radius 3 is 2.28 bits per heavy atom. The molecule has 0 saturated heterocycles. The summed E-state index contributed by atoms with van der Waals surface area (Å²) in [6.07, 6.45) is 1.57. The first-order valence-corrected chi connectivity index (χ1v) is 11.0. The Morgan fingerprint density at radius 2 is 1.69 bits per heavy atom. The van der Waals surface area contributed by atoms with Crippen molar-refractivity contribution in [2.45, 2.75) is 19.8 Å². The van der Waals surface area contributed by atoms with E-state index in [0.29, 0.717) is 29.3 Å². The van der Waals surface area contributed by atoms with Crippen LogP contribution in [0.1, 0.15) is 29.3 Å². The van der Waals surface area contributed by atoms with Crippen LogP contribution in [0.5, 0.6) is 11.5 Å². The number of hydrogen-bond donors (Lipinski definition) is 1. The molecule has 0 saturated carbocycles. The van der Waals surface area contributed by atoms with E-state index in [2.05, 4.69) is 5.32 Å². The van der Waals surface area contributed by atoms with Gasteiger partial charge in [-0.25, -0.2) is 8.42 Å². The normalized spacial score (nSPS) is 11.0. The van der Waals surface area contributed by atoms with Gasteiger partial charge < -0.3 is 14.8 Å². The Kier molecular flexibility index (Phi) is 7.90. The summed E-state index contributed by atoms with van der Waals surface area (Å²) in [5, 5.41) is 2.88. The molecular weight excluding hydrogens is 392 g/mol. The number of ether oxygens (including phenoxy) is 2. The van der Waals surface area contributed by atoms with E-state index in [9.17, 15) is 13.2 Å². The Hall–Kier alpha value is -2.74. The lowest BCUT2D eigenvalue weighted by molar-refractivity contribution is 0.0953. The van der Waals surface area contributed by atoms with Crippen molar-refractivity contribution in [1.82, 2.24) is 5.32 Å². The third-order valence-electron chi connectivity index (χ3n) is 4.65. The largest absolute Gasteiger partial charge is 0.493 e. The van der Waals surface area contributed by atoms with Crippen molar-refractivity contribution >= 4 is 21.6 Å². The molecule has 0 aliphatic heterocycles. The topological polar surface area (TPSA) is 84.9 Å². The first kappa shape index (κ1) is 22.5. The summed E-state index contributed by atoms with van der Waals surface area (Å²) >= 11 is 0. The Labute approximate surface area is 172 Å². The lowest BCUT2D eigenvalue weighted by Crippen LogP contribution is -2.28. The SMILES string of the molecule is CCS(=O)(=O)N(C)c1ccc(C(=O)NCCCc2ccc(OC)c(OC)c2)cc1. The van der Waals surface area contributed by atoms with Gasteiger partial charge in [0.1, 0.15) is 0 Å². The van der Waals surface area contributed by atoms with Crippen molar-refractivity contribution in [3.8, 4) is 11.5 Å². The second-order valence-corrected chi connectivity index (χ2v) is 8.75. The standard InChI is InChI=1S/C21H28N2O5S/c1-5-29(25,26)23(2)18-11-9-17(10-12-18)21(24)22-14-6-7-16-8-13-19(27-3)20(15-16)28-4/h8-13,15H,5-7,14H2,1-4H3,(H,22,24). The molecule has 8 heteroatoms. The highest BCUT2D eigenvalue weighted by atomic mass is 32.2. The van der Waals surface area contributed by atoms with Gasteiger partial charge in [0.15, 0.2) is 11.5 Å². The van der Waals surface area contributed by atoms with Crippen LogP contribution in [0, 0.1) is 0 Å². The van der Waals surface area contributed by atoms with E-state index >= 15 is 0 Å². The molecule has 0 heterocycles. The second-order valence-electron chi connectivity index (χ2n) is 6.46. The van der Waals surface area contributed by atoms with Gasteiger partial charge in [0.2, 0.25) is 10.0 Å². The van der Waals surface area contributed by atoms with E-state index in [1.807, 2.05) is 18.2 Å². The van der Waals surface area contributed by atoms with E-state index in [1.54, 1.807) is 45.4 Å². The molecule has 2 aromatic rings. The number of anilines is 1.